The minimum absolute atomic E-state index is 0.481. The van der Waals surface area contributed by atoms with Crippen LogP contribution in [0, 0.1) is 0 Å². The lowest BCUT2D eigenvalue weighted by atomic mass is 10.3. The third kappa shape index (κ3) is 4.85. The molecular weight excluding hydrogens is 253 g/mol. The molecule has 0 radical (unpaired) electrons. The van der Waals surface area contributed by atoms with E-state index in [1.54, 1.807) is 0 Å². The predicted octanol–water partition coefficient (Wildman–Crippen LogP) is 3.31. The second-order valence-electron chi connectivity index (χ2n) is 2.32. The molecule has 3 nitrogen and oxygen atoms in total. The van der Waals surface area contributed by atoms with E-state index in [-0.39, 0.29) is 0 Å². The van der Waals surface area contributed by atoms with Crippen molar-refractivity contribution in [2.45, 2.75) is 19.0 Å². The summed E-state index contributed by atoms with van der Waals surface area (Å²) >= 11 is 0. The van der Waals surface area contributed by atoms with Crippen molar-refractivity contribution in [3.8, 4) is 0 Å². The van der Waals surface area contributed by atoms with Gasteiger partial charge in [0.2, 0.25) is 0 Å². The van der Waals surface area contributed by atoms with E-state index in [1.807, 2.05) is 0 Å². The summed E-state index contributed by atoms with van der Waals surface area (Å²) in [5, 5.41) is 0. The molecule has 0 fully saturated rings. The van der Waals surface area contributed by atoms with Gasteiger partial charge in [-0.1, -0.05) is 0 Å². The molecule has 0 heterocycles. The fourth-order valence-electron chi connectivity index (χ4n) is 0.431. The van der Waals surface area contributed by atoms with Crippen LogP contribution in [-0.2, 0) is 13.6 Å². The molecule has 0 aromatic heterocycles. The minimum atomic E-state index is -5.89. The van der Waals surface area contributed by atoms with Crippen LogP contribution in [0.2, 0.25) is 0 Å². The number of hydrogen-bond donors (Lipinski definition) is 0. The van der Waals surface area contributed by atoms with Crippen molar-refractivity contribution in [2.24, 2.45) is 0 Å². The van der Waals surface area contributed by atoms with Crippen LogP contribution in [0.15, 0.2) is 0 Å². The van der Waals surface area contributed by atoms with Gasteiger partial charge in [-0.3, -0.25) is 9.05 Å². The predicted molar refractivity (Wildman–Crippen MR) is 37.3 cm³/mol. The minimum Gasteiger partial charge on any atom is -0.284 e. The highest BCUT2D eigenvalue weighted by Crippen LogP contribution is 2.51. The molecule has 0 aromatic rings. The highest BCUT2D eigenvalue weighted by molar-refractivity contribution is 7.48. The van der Waals surface area contributed by atoms with Gasteiger partial charge >= 0.3 is 20.0 Å². The number of halogens is 6. The maximum Gasteiger partial charge on any atom is 0.513 e. The number of hydrogen-bond acceptors (Lipinski definition) is 3. The lowest BCUT2D eigenvalue weighted by molar-refractivity contribution is -0.290. The summed E-state index contributed by atoms with van der Waals surface area (Å²) < 4.78 is 88.5. The summed E-state index contributed by atoms with van der Waals surface area (Å²) in [4.78, 5) is 0. The second kappa shape index (κ2) is 4.71. The summed E-state index contributed by atoms with van der Waals surface area (Å²) in [6.45, 7) is -1.70. The molecule has 0 aliphatic rings. The van der Waals surface area contributed by atoms with Crippen molar-refractivity contribution in [2.75, 3.05) is 13.2 Å². The quantitative estimate of drug-likeness (QED) is 0.562. The van der Waals surface area contributed by atoms with E-state index in [0.29, 0.717) is 0 Å². The second-order valence-corrected chi connectivity index (χ2v) is 3.70. The summed E-state index contributed by atoms with van der Waals surface area (Å²) in [6, 6.07) is 0. The molecule has 0 aliphatic heterocycles. The van der Waals surface area contributed by atoms with Gasteiger partial charge in [0.1, 0.15) is 6.61 Å². The Balaban J connectivity index is 4.33. The highest BCUT2D eigenvalue weighted by Gasteiger charge is 2.58. The first kappa shape index (κ1) is 14.7. The molecule has 0 N–H and O–H groups in total. The van der Waals surface area contributed by atoms with Gasteiger partial charge in [0.05, 0.1) is 6.61 Å². The monoisotopic (exact) mass is 260 g/mol. The van der Waals surface area contributed by atoms with Gasteiger partial charge in [-0.15, -0.1) is 4.20 Å². The summed E-state index contributed by atoms with van der Waals surface area (Å²) in [5.41, 5.74) is 0. The van der Waals surface area contributed by atoms with Crippen molar-refractivity contribution in [1.82, 2.24) is 0 Å². The van der Waals surface area contributed by atoms with Crippen LogP contribution < -0.4 is 0 Å². The third-order valence-electron chi connectivity index (χ3n) is 1.10. The lowest BCUT2D eigenvalue weighted by Gasteiger charge is -2.19. The number of alkyl halides is 5. The van der Waals surface area contributed by atoms with Gasteiger partial charge in [-0.2, -0.15) is 22.0 Å². The van der Waals surface area contributed by atoms with Crippen molar-refractivity contribution in [3.63, 3.8) is 0 Å². The molecule has 1 unspecified atom stereocenters. The smallest absolute Gasteiger partial charge is 0.284 e. The Morgan fingerprint density at radius 1 is 1.13 bits per heavy atom. The van der Waals surface area contributed by atoms with Crippen LogP contribution >= 0.6 is 7.91 Å². The fourth-order valence-corrected chi connectivity index (χ4v) is 1.13. The third-order valence-corrected chi connectivity index (χ3v) is 2.10. The standard InChI is InChI=1S/C5H7F6O3P/c1-2-13-15(11,12)14-3-4(6,7)5(8,9)10/h2-3H2,1H3. The first-order valence-electron chi connectivity index (χ1n) is 3.55. The summed E-state index contributed by atoms with van der Waals surface area (Å²) in [6.07, 6.45) is -5.89. The van der Waals surface area contributed by atoms with Gasteiger partial charge in [-0.05, 0) is 6.92 Å². The molecule has 0 aliphatic carbocycles. The van der Waals surface area contributed by atoms with E-state index < -0.39 is 33.2 Å². The summed E-state index contributed by atoms with van der Waals surface area (Å²) in [7, 11) is -5.34. The first-order chi connectivity index (χ1) is 6.52. The van der Waals surface area contributed by atoms with E-state index in [0.717, 1.165) is 6.92 Å². The van der Waals surface area contributed by atoms with Crippen LogP contribution in [0.4, 0.5) is 26.1 Å². The molecule has 0 saturated carbocycles. The van der Waals surface area contributed by atoms with E-state index in [2.05, 4.69) is 9.05 Å². The molecule has 92 valence electrons. The Hall–Kier alpha value is -0.270. The van der Waals surface area contributed by atoms with Crippen LogP contribution in [0.1, 0.15) is 6.92 Å². The van der Waals surface area contributed by atoms with Gasteiger partial charge in [0.25, 0.3) is 0 Å². The molecule has 15 heavy (non-hydrogen) atoms. The van der Waals surface area contributed by atoms with Crippen molar-refractivity contribution < 1.29 is 39.8 Å². The molecule has 0 spiro atoms. The van der Waals surface area contributed by atoms with Gasteiger partial charge < -0.3 is 0 Å². The lowest BCUT2D eigenvalue weighted by Crippen LogP contribution is -2.40. The molecule has 0 bridgehead atoms. The van der Waals surface area contributed by atoms with Crippen LogP contribution in [0.5, 0.6) is 0 Å². The highest BCUT2D eigenvalue weighted by atomic mass is 31.2. The van der Waals surface area contributed by atoms with Crippen LogP contribution in [0.3, 0.4) is 0 Å². The fraction of sp³-hybridized carbons (Fsp3) is 1.00. The maximum absolute atomic E-state index is 12.4. The Morgan fingerprint density at radius 3 is 1.93 bits per heavy atom. The van der Waals surface area contributed by atoms with E-state index in [1.165, 1.54) is 0 Å². The molecule has 0 amide bonds. The van der Waals surface area contributed by atoms with E-state index in [9.17, 15) is 30.7 Å². The molecule has 10 heteroatoms. The zero-order valence-electron chi connectivity index (χ0n) is 7.35. The molecule has 1 atom stereocenters. The Labute approximate surface area is 81.0 Å². The Kier molecular flexibility index (Phi) is 4.63. The first-order valence-corrected chi connectivity index (χ1v) is 4.98. The largest absolute Gasteiger partial charge is 0.513 e. The zero-order valence-corrected chi connectivity index (χ0v) is 8.25. The topological polar surface area (TPSA) is 35.5 Å². The SMILES string of the molecule is CCOP(=O)(F)OCC(F)(F)C(F)(F)F. The zero-order chi connectivity index (χ0) is 12.3. The normalized spacial score (nSPS) is 17.5. The van der Waals surface area contributed by atoms with E-state index >= 15 is 0 Å². The van der Waals surface area contributed by atoms with Crippen molar-refractivity contribution in [3.05, 3.63) is 0 Å². The van der Waals surface area contributed by atoms with Gasteiger partial charge in [0.15, 0.2) is 0 Å². The molecule has 0 saturated heterocycles. The van der Waals surface area contributed by atoms with Crippen molar-refractivity contribution in [1.29, 1.82) is 0 Å². The molecule has 0 aromatic carbocycles. The molecule has 0 rings (SSSR count). The Morgan fingerprint density at radius 2 is 1.60 bits per heavy atom. The van der Waals surface area contributed by atoms with E-state index in [4.69, 9.17) is 0 Å². The average molecular weight is 260 g/mol. The van der Waals surface area contributed by atoms with Crippen LogP contribution in [0.25, 0.3) is 0 Å². The van der Waals surface area contributed by atoms with Gasteiger partial charge in [-0.25, -0.2) is 4.57 Å². The molecular formula is C5H7F6O3P. The summed E-state index contributed by atoms with van der Waals surface area (Å²) in [5.74, 6) is -5.27. The maximum atomic E-state index is 12.4. The van der Waals surface area contributed by atoms with Crippen LogP contribution in [-0.4, -0.2) is 25.3 Å². The van der Waals surface area contributed by atoms with Crippen molar-refractivity contribution >= 4 is 7.91 Å². The number of rotatable bonds is 5. The average Bonchev–Trinajstić information content (AvgIpc) is 1.99. The Bertz CT molecular complexity index is 252. The van der Waals surface area contributed by atoms with Gasteiger partial charge in [0, 0.05) is 0 Å².